The first-order valence-corrected chi connectivity index (χ1v) is 10.9. The number of benzene rings is 2. The largest absolute Gasteiger partial charge is 0.381 e. The minimum absolute atomic E-state index is 0.102. The molecule has 1 aliphatic carbocycles. The van der Waals surface area contributed by atoms with Crippen LogP contribution in [0.3, 0.4) is 0 Å². The topological polar surface area (TPSA) is 95.7 Å². The Hall–Kier alpha value is -3.19. The predicted molar refractivity (Wildman–Crippen MR) is 120 cm³/mol. The highest BCUT2D eigenvalue weighted by molar-refractivity contribution is 5.99. The molecule has 1 atom stereocenters. The maximum Gasteiger partial charge on any atom is 0.287 e. The molecule has 2 aromatic carbocycles. The van der Waals surface area contributed by atoms with E-state index in [1.807, 2.05) is 49.4 Å². The van der Waals surface area contributed by atoms with Crippen LogP contribution in [-0.4, -0.2) is 39.3 Å². The van der Waals surface area contributed by atoms with Gasteiger partial charge in [-0.15, -0.1) is 0 Å². The average molecular weight is 418 g/mol. The third-order valence-electron chi connectivity index (χ3n) is 6.45. The Kier molecular flexibility index (Phi) is 5.19. The lowest BCUT2D eigenvalue weighted by atomic mass is 9.84. The Labute approximate surface area is 180 Å². The number of methoxy groups -OCH3 is 1. The molecule has 1 saturated carbocycles. The zero-order chi connectivity index (χ0) is 21.4. The van der Waals surface area contributed by atoms with Gasteiger partial charge in [-0.05, 0) is 50.3 Å². The number of amides is 1. The van der Waals surface area contributed by atoms with Crippen LogP contribution in [0.5, 0.6) is 0 Å². The van der Waals surface area contributed by atoms with E-state index >= 15 is 0 Å². The number of carbonyl (C=O) groups excluding carboxylic acids is 1. The molecule has 0 bridgehead atoms. The molecule has 1 aliphatic rings. The Morgan fingerprint density at radius 3 is 2.65 bits per heavy atom. The number of rotatable bonds is 5. The normalized spacial score (nSPS) is 20.2. The number of imidazole rings is 1. The fourth-order valence-electron chi connectivity index (χ4n) is 4.62. The zero-order valence-electron chi connectivity index (χ0n) is 17.8. The molecule has 0 spiro atoms. The molecule has 2 heterocycles. The van der Waals surface area contributed by atoms with Crippen LogP contribution in [0.4, 0.5) is 0 Å². The van der Waals surface area contributed by atoms with Gasteiger partial charge in [-0.2, -0.15) is 5.10 Å². The standard InChI is InChI=1S/C24H27N5O2/c1-14(15-6-4-3-5-7-15)25-24(30)23-26-20-12-18-19(13-21(20)27-23)28-29-22(18)16-8-10-17(31-2)11-9-16/h3-7,12-14,16-17H,8-11H2,1-2H3,(H,25,30)(H,26,27)(H,28,29). The van der Waals surface area contributed by atoms with Gasteiger partial charge in [-0.25, -0.2) is 4.98 Å². The molecule has 0 aliphatic heterocycles. The Morgan fingerprint density at radius 2 is 1.90 bits per heavy atom. The van der Waals surface area contributed by atoms with Crippen molar-refractivity contribution in [2.75, 3.05) is 7.11 Å². The number of aromatic amines is 2. The van der Waals surface area contributed by atoms with E-state index in [1.54, 1.807) is 7.11 Å². The second kappa shape index (κ2) is 8.15. The molecule has 3 N–H and O–H groups in total. The molecule has 0 saturated heterocycles. The third-order valence-corrected chi connectivity index (χ3v) is 6.45. The molecule has 1 unspecified atom stereocenters. The number of nitrogens with zero attached hydrogens (tertiary/aromatic N) is 2. The van der Waals surface area contributed by atoms with Crippen LogP contribution in [0, 0.1) is 0 Å². The minimum atomic E-state index is -0.215. The summed E-state index contributed by atoms with van der Waals surface area (Å²) in [6.07, 6.45) is 4.62. The quantitative estimate of drug-likeness (QED) is 0.442. The number of fused-ring (bicyclic) bond motifs is 2. The lowest BCUT2D eigenvalue weighted by molar-refractivity contribution is 0.0656. The summed E-state index contributed by atoms with van der Waals surface area (Å²) in [5, 5.41) is 11.9. The summed E-state index contributed by atoms with van der Waals surface area (Å²) in [7, 11) is 1.79. The van der Waals surface area contributed by atoms with Crippen molar-refractivity contribution in [2.24, 2.45) is 0 Å². The Bertz CT molecular complexity index is 1200. The van der Waals surface area contributed by atoms with Crippen LogP contribution >= 0.6 is 0 Å². The van der Waals surface area contributed by atoms with E-state index in [0.717, 1.165) is 58.9 Å². The molecule has 1 amide bonds. The molecule has 2 aromatic heterocycles. The van der Waals surface area contributed by atoms with E-state index in [4.69, 9.17) is 4.74 Å². The van der Waals surface area contributed by atoms with Crippen LogP contribution in [-0.2, 0) is 4.74 Å². The van der Waals surface area contributed by atoms with Crippen molar-refractivity contribution in [3.8, 4) is 0 Å². The third kappa shape index (κ3) is 3.81. The van der Waals surface area contributed by atoms with Crippen molar-refractivity contribution in [3.63, 3.8) is 0 Å². The SMILES string of the molecule is COC1CCC(c2n[nH]c3cc4[nH]c(C(=O)NC(C)c5ccccc5)nc4cc23)CC1. The van der Waals surface area contributed by atoms with Gasteiger partial charge in [-0.1, -0.05) is 30.3 Å². The van der Waals surface area contributed by atoms with E-state index in [-0.39, 0.29) is 11.9 Å². The first-order chi connectivity index (χ1) is 15.1. The van der Waals surface area contributed by atoms with Crippen LogP contribution in [0.1, 0.15) is 66.4 Å². The Morgan fingerprint density at radius 1 is 1.13 bits per heavy atom. The van der Waals surface area contributed by atoms with Gasteiger partial charge in [0, 0.05) is 18.4 Å². The molecule has 0 radical (unpaired) electrons. The lowest BCUT2D eigenvalue weighted by Crippen LogP contribution is -2.27. The number of H-pyrrole nitrogens is 2. The molecule has 4 aromatic rings. The van der Waals surface area contributed by atoms with Crippen molar-refractivity contribution < 1.29 is 9.53 Å². The average Bonchev–Trinajstić information content (AvgIpc) is 3.41. The van der Waals surface area contributed by atoms with Crippen LogP contribution in [0.2, 0.25) is 0 Å². The monoisotopic (exact) mass is 417 g/mol. The van der Waals surface area contributed by atoms with Crippen LogP contribution in [0.15, 0.2) is 42.5 Å². The van der Waals surface area contributed by atoms with Gasteiger partial charge in [0.25, 0.3) is 5.91 Å². The van der Waals surface area contributed by atoms with Gasteiger partial charge in [0.2, 0.25) is 0 Å². The van der Waals surface area contributed by atoms with Crippen molar-refractivity contribution in [1.82, 2.24) is 25.5 Å². The summed E-state index contributed by atoms with van der Waals surface area (Å²) in [5.74, 6) is 0.527. The molecular formula is C24H27N5O2. The first-order valence-electron chi connectivity index (χ1n) is 10.9. The van der Waals surface area contributed by atoms with Crippen molar-refractivity contribution in [1.29, 1.82) is 0 Å². The summed E-state index contributed by atoms with van der Waals surface area (Å²) in [6.45, 7) is 1.97. The maximum atomic E-state index is 12.8. The number of hydrogen-bond donors (Lipinski definition) is 3. The summed E-state index contributed by atoms with van der Waals surface area (Å²) in [5.41, 5.74) is 4.71. The molecule has 7 heteroatoms. The zero-order valence-corrected chi connectivity index (χ0v) is 17.8. The van der Waals surface area contributed by atoms with Crippen molar-refractivity contribution >= 4 is 27.8 Å². The van der Waals surface area contributed by atoms with E-state index in [2.05, 4.69) is 25.5 Å². The second-order valence-electron chi connectivity index (χ2n) is 8.42. The van der Waals surface area contributed by atoms with Gasteiger partial charge in [-0.3, -0.25) is 9.89 Å². The smallest absolute Gasteiger partial charge is 0.287 e. The molecule has 31 heavy (non-hydrogen) atoms. The molecule has 7 nitrogen and oxygen atoms in total. The molecular weight excluding hydrogens is 390 g/mol. The van der Waals surface area contributed by atoms with Gasteiger partial charge in [0.1, 0.15) is 0 Å². The lowest BCUT2D eigenvalue weighted by Gasteiger charge is -2.26. The van der Waals surface area contributed by atoms with Gasteiger partial charge in [0.15, 0.2) is 5.82 Å². The number of carbonyl (C=O) groups is 1. The van der Waals surface area contributed by atoms with E-state index < -0.39 is 0 Å². The maximum absolute atomic E-state index is 12.8. The van der Waals surface area contributed by atoms with Crippen molar-refractivity contribution in [2.45, 2.75) is 50.7 Å². The van der Waals surface area contributed by atoms with Gasteiger partial charge >= 0.3 is 0 Å². The fourth-order valence-corrected chi connectivity index (χ4v) is 4.62. The summed E-state index contributed by atoms with van der Waals surface area (Å²) in [6, 6.07) is 13.8. The van der Waals surface area contributed by atoms with E-state index in [9.17, 15) is 4.79 Å². The second-order valence-corrected chi connectivity index (χ2v) is 8.42. The first kappa shape index (κ1) is 19.8. The van der Waals surface area contributed by atoms with Crippen LogP contribution < -0.4 is 5.32 Å². The summed E-state index contributed by atoms with van der Waals surface area (Å²) >= 11 is 0. The number of aromatic nitrogens is 4. The minimum Gasteiger partial charge on any atom is -0.381 e. The fraction of sp³-hybridized carbons (Fsp3) is 0.375. The molecule has 160 valence electrons. The van der Waals surface area contributed by atoms with E-state index in [1.165, 1.54) is 0 Å². The summed E-state index contributed by atoms with van der Waals surface area (Å²) in [4.78, 5) is 20.5. The van der Waals surface area contributed by atoms with E-state index in [0.29, 0.717) is 17.8 Å². The van der Waals surface area contributed by atoms with Gasteiger partial charge in [0.05, 0.1) is 34.4 Å². The highest BCUT2D eigenvalue weighted by Gasteiger charge is 2.26. The Balaban J connectivity index is 1.39. The van der Waals surface area contributed by atoms with Crippen LogP contribution in [0.25, 0.3) is 21.9 Å². The highest BCUT2D eigenvalue weighted by Crippen LogP contribution is 2.36. The summed E-state index contributed by atoms with van der Waals surface area (Å²) < 4.78 is 5.50. The van der Waals surface area contributed by atoms with Gasteiger partial charge < -0.3 is 15.0 Å². The number of hydrogen-bond acceptors (Lipinski definition) is 4. The number of ether oxygens (including phenoxy) is 1. The molecule has 5 rings (SSSR count). The molecule has 1 fully saturated rings. The number of nitrogens with one attached hydrogen (secondary N) is 3. The van der Waals surface area contributed by atoms with Crippen molar-refractivity contribution in [3.05, 3.63) is 59.5 Å². The highest BCUT2D eigenvalue weighted by atomic mass is 16.5. The predicted octanol–water partition coefficient (Wildman–Crippen LogP) is 4.60.